The molecule has 22 heavy (non-hydrogen) atoms. The quantitative estimate of drug-likeness (QED) is 0.886. The third-order valence-electron chi connectivity index (χ3n) is 3.87. The van der Waals surface area contributed by atoms with Crippen LogP contribution < -0.4 is 10.6 Å². The molecule has 0 saturated carbocycles. The number of nitrogens with one attached hydrogen (secondary N) is 2. The second-order valence-electron chi connectivity index (χ2n) is 5.81. The molecule has 2 rings (SSSR count). The molecule has 1 aliphatic heterocycles. The molecule has 0 bridgehead atoms. The van der Waals surface area contributed by atoms with Crippen molar-refractivity contribution < 1.29 is 13.2 Å². The van der Waals surface area contributed by atoms with Crippen LogP contribution in [0, 0.1) is 12.8 Å². The maximum absolute atomic E-state index is 11.9. The fourth-order valence-corrected chi connectivity index (χ4v) is 3.45. The molecule has 0 atom stereocenters. The average Bonchev–Trinajstić information content (AvgIpc) is 2.45. The van der Waals surface area contributed by atoms with Gasteiger partial charge in [0, 0.05) is 25.3 Å². The summed E-state index contributed by atoms with van der Waals surface area (Å²) < 4.78 is 24.4. The van der Waals surface area contributed by atoms with E-state index in [2.05, 4.69) is 10.6 Å². The van der Waals surface area contributed by atoms with E-state index in [0.29, 0.717) is 25.6 Å². The number of piperidine rings is 1. The minimum atomic E-state index is -3.09. The second kappa shape index (κ2) is 7.11. The maximum atomic E-state index is 11.9. The summed E-state index contributed by atoms with van der Waals surface area (Å²) in [5.74, 6) is 0.321. The molecule has 0 spiro atoms. The lowest BCUT2D eigenvalue weighted by atomic mass is 9.98. The number of carbonyl (C=O) groups is 1. The van der Waals surface area contributed by atoms with E-state index >= 15 is 0 Å². The molecule has 2 amide bonds. The van der Waals surface area contributed by atoms with Crippen molar-refractivity contribution in [1.82, 2.24) is 9.62 Å². The molecule has 0 radical (unpaired) electrons. The third kappa shape index (κ3) is 4.99. The number of benzene rings is 1. The van der Waals surface area contributed by atoms with Crippen molar-refractivity contribution in [3.05, 3.63) is 29.8 Å². The lowest BCUT2D eigenvalue weighted by Crippen LogP contribution is -2.41. The number of urea groups is 1. The fraction of sp³-hybridized carbons (Fsp3) is 0.533. The first-order valence-corrected chi connectivity index (χ1v) is 9.26. The topological polar surface area (TPSA) is 78.5 Å². The van der Waals surface area contributed by atoms with Gasteiger partial charge in [0.2, 0.25) is 10.0 Å². The van der Waals surface area contributed by atoms with Crippen molar-refractivity contribution in [2.45, 2.75) is 19.8 Å². The van der Waals surface area contributed by atoms with Crippen LogP contribution in [-0.4, -0.2) is 44.6 Å². The molecule has 122 valence electrons. The number of carbonyl (C=O) groups excluding carboxylic acids is 1. The average molecular weight is 325 g/mol. The van der Waals surface area contributed by atoms with Crippen LogP contribution in [0.3, 0.4) is 0 Å². The van der Waals surface area contributed by atoms with Crippen LogP contribution >= 0.6 is 0 Å². The van der Waals surface area contributed by atoms with E-state index in [0.717, 1.165) is 24.1 Å². The minimum Gasteiger partial charge on any atom is -0.338 e. The highest BCUT2D eigenvalue weighted by Gasteiger charge is 2.24. The van der Waals surface area contributed by atoms with Crippen LogP contribution in [0.15, 0.2) is 24.3 Å². The van der Waals surface area contributed by atoms with Gasteiger partial charge in [0.15, 0.2) is 0 Å². The van der Waals surface area contributed by atoms with Crippen LogP contribution in [-0.2, 0) is 10.0 Å². The molecule has 1 aliphatic rings. The van der Waals surface area contributed by atoms with Gasteiger partial charge in [-0.05, 0) is 43.4 Å². The first kappa shape index (κ1) is 16.8. The summed E-state index contributed by atoms with van der Waals surface area (Å²) in [5, 5.41) is 5.65. The third-order valence-corrected chi connectivity index (χ3v) is 5.17. The first-order valence-electron chi connectivity index (χ1n) is 7.41. The van der Waals surface area contributed by atoms with Crippen LogP contribution in [0.4, 0.5) is 10.5 Å². The van der Waals surface area contributed by atoms with Crippen molar-refractivity contribution in [2.24, 2.45) is 5.92 Å². The van der Waals surface area contributed by atoms with E-state index in [-0.39, 0.29) is 6.03 Å². The monoisotopic (exact) mass is 325 g/mol. The van der Waals surface area contributed by atoms with E-state index in [1.807, 2.05) is 31.2 Å². The standard InChI is InChI=1S/C15H23N3O3S/c1-12-4-3-5-14(10-12)17-15(19)16-11-13-6-8-18(9-7-13)22(2,20)21/h3-5,10,13H,6-9,11H2,1-2H3,(H2,16,17,19). The number of hydrogen-bond donors (Lipinski definition) is 2. The van der Waals surface area contributed by atoms with Crippen molar-refractivity contribution in [1.29, 1.82) is 0 Å². The number of hydrogen-bond acceptors (Lipinski definition) is 3. The van der Waals surface area contributed by atoms with Crippen LogP contribution in [0.25, 0.3) is 0 Å². The Morgan fingerprint density at radius 2 is 2.00 bits per heavy atom. The molecule has 2 N–H and O–H groups in total. The fourth-order valence-electron chi connectivity index (χ4n) is 2.58. The Kier molecular flexibility index (Phi) is 5.42. The molecule has 1 fully saturated rings. The largest absolute Gasteiger partial charge is 0.338 e. The smallest absolute Gasteiger partial charge is 0.319 e. The van der Waals surface area contributed by atoms with Gasteiger partial charge in [0.25, 0.3) is 0 Å². The predicted octanol–water partition coefficient (Wildman–Crippen LogP) is 1.79. The van der Waals surface area contributed by atoms with Gasteiger partial charge >= 0.3 is 6.03 Å². The summed E-state index contributed by atoms with van der Waals surface area (Å²) in [7, 11) is -3.09. The minimum absolute atomic E-state index is 0.226. The first-order chi connectivity index (χ1) is 10.3. The molecule has 1 heterocycles. The van der Waals surface area contributed by atoms with Crippen LogP contribution in [0.2, 0.25) is 0 Å². The maximum Gasteiger partial charge on any atom is 0.319 e. The molecule has 0 aliphatic carbocycles. The van der Waals surface area contributed by atoms with Crippen molar-refractivity contribution in [3.63, 3.8) is 0 Å². The molecular formula is C15H23N3O3S. The number of aryl methyl sites for hydroxylation is 1. The van der Waals surface area contributed by atoms with Crippen molar-refractivity contribution >= 4 is 21.7 Å². The molecule has 6 nitrogen and oxygen atoms in total. The van der Waals surface area contributed by atoms with E-state index in [4.69, 9.17) is 0 Å². The number of sulfonamides is 1. The van der Waals surface area contributed by atoms with Gasteiger partial charge in [0.1, 0.15) is 0 Å². The van der Waals surface area contributed by atoms with E-state index in [9.17, 15) is 13.2 Å². The van der Waals surface area contributed by atoms with Crippen molar-refractivity contribution in [2.75, 3.05) is 31.2 Å². The summed E-state index contributed by atoms with van der Waals surface area (Å²) in [6.07, 6.45) is 2.79. The Balaban J connectivity index is 1.74. The number of amides is 2. The summed E-state index contributed by atoms with van der Waals surface area (Å²) in [6, 6.07) is 7.39. The molecule has 1 aromatic carbocycles. The lowest BCUT2D eigenvalue weighted by Gasteiger charge is -2.30. The Labute approximate surface area is 131 Å². The highest BCUT2D eigenvalue weighted by atomic mass is 32.2. The van der Waals surface area contributed by atoms with Crippen LogP contribution in [0.5, 0.6) is 0 Å². The van der Waals surface area contributed by atoms with E-state index in [1.165, 1.54) is 10.6 Å². The summed E-state index contributed by atoms with van der Waals surface area (Å²) in [4.78, 5) is 11.9. The highest BCUT2D eigenvalue weighted by molar-refractivity contribution is 7.88. The zero-order valence-electron chi connectivity index (χ0n) is 13.0. The molecule has 7 heteroatoms. The zero-order valence-corrected chi connectivity index (χ0v) is 13.8. The van der Waals surface area contributed by atoms with Gasteiger partial charge in [-0.15, -0.1) is 0 Å². The number of anilines is 1. The summed E-state index contributed by atoms with van der Waals surface area (Å²) in [5.41, 5.74) is 1.86. The SMILES string of the molecule is Cc1cccc(NC(=O)NCC2CCN(S(C)(=O)=O)CC2)c1. The molecule has 1 aromatic rings. The normalized spacial score (nSPS) is 17.2. The Morgan fingerprint density at radius 1 is 1.32 bits per heavy atom. The van der Waals surface area contributed by atoms with Gasteiger partial charge in [-0.25, -0.2) is 17.5 Å². The zero-order chi connectivity index (χ0) is 16.2. The van der Waals surface area contributed by atoms with E-state index in [1.54, 1.807) is 0 Å². The van der Waals surface area contributed by atoms with Gasteiger partial charge in [-0.2, -0.15) is 0 Å². The Morgan fingerprint density at radius 3 is 2.59 bits per heavy atom. The molecule has 0 aromatic heterocycles. The Bertz CT molecular complexity index is 623. The number of nitrogens with zero attached hydrogens (tertiary/aromatic N) is 1. The molecule has 0 unspecified atom stereocenters. The second-order valence-corrected chi connectivity index (χ2v) is 7.79. The predicted molar refractivity (Wildman–Crippen MR) is 87.3 cm³/mol. The lowest BCUT2D eigenvalue weighted by molar-refractivity contribution is 0.241. The van der Waals surface area contributed by atoms with Gasteiger partial charge < -0.3 is 10.6 Å². The Hall–Kier alpha value is -1.60. The molecular weight excluding hydrogens is 302 g/mol. The number of rotatable bonds is 4. The summed E-state index contributed by atoms with van der Waals surface area (Å²) in [6.45, 7) is 3.60. The molecule has 1 saturated heterocycles. The summed E-state index contributed by atoms with van der Waals surface area (Å²) >= 11 is 0. The van der Waals surface area contributed by atoms with E-state index < -0.39 is 10.0 Å². The highest BCUT2D eigenvalue weighted by Crippen LogP contribution is 2.18. The van der Waals surface area contributed by atoms with Gasteiger partial charge in [-0.3, -0.25) is 0 Å². The van der Waals surface area contributed by atoms with Gasteiger partial charge in [-0.1, -0.05) is 12.1 Å². The van der Waals surface area contributed by atoms with Crippen LogP contribution in [0.1, 0.15) is 18.4 Å². The van der Waals surface area contributed by atoms with Crippen molar-refractivity contribution in [3.8, 4) is 0 Å². The van der Waals surface area contributed by atoms with Gasteiger partial charge in [0.05, 0.1) is 6.26 Å².